The molecule has 1 atom stereocenters. The maximum absolute atomic E-state index is 12.8. The van der Waals surface area contributed by atoms with Gasteiger partial charge in [-0.05, 0) is 70.6 Å². The molecule has 0 spiro atoms. The summed E-state index contributed by atoms with van der Waals surface area (Å²) in [6.07, 6.45) is 74.9. The number of allylic oxidation sites excluding steroid dienone is 20. The summed E-state index contributed by atoms with van der Waals surface area (Å²) in [7, 11) is 0. The normalized spacial score (nSPS) is 13.1. The lowest BCUT2D eigenvalue weighted by Crippen LogP contribution is -2.30. The van der Waals surface area contributed by atoms with E-state index in [1.54, 1.807) is 0 Å². The van der Waals surface area contributed by atoms with E-state index in [9.17, 15) is 14.4 Å². The highest BCUT2D eigenvalue weighted by Crippen LogP contribution is 2.15. The summed E-state index contributed by atoms with van der Waals surface area (Å²) in [6.45, 7) is 6.28. The zero-order chi connectivity index (χ0) is 48.6. The van der Waals surface area contributed by atoms with Crippen LogP contribution >= 0.6 is 0 Å². The molecule has 0 aromatic rings. The molecule has 0 heterocycles. The minimum absolute atomic E-state index is 0.123. The Morgan fingerprint density at radius 1 is 0.328 bits per heavy atom. The molecule has 1 unspecified atom stereocenters. The van der Waals surface area contributed by atoms with E-state index in [1.807, 2.05) is 60.8 Å². The van der Waals surface area contributed by atoms with E-state index in [0.29, 0.717) is 19.3 Å². The SMILES string of the molecule is CC\C=C/C=C\C=C/C=C\C=C/CCCCCC(=O)OCC(COC(=O)CCCCCCCCCCCCCCCCCCCC)OC(=O)CC/C=C\C/C=C\C/C=C\C/C=C\C/C=C\CC. The predicted molar refractivity (Wildman–Crippen MR) is 288 cm³/mol. The van der Waals surface area contributed by atoms with E-state index < -0.39 is 12.1 Å². The number of hydrogen-bond donors (Lipinski definition) is 0. The molecule has 0 aromatic carbocycles. The van der Waals surface area contributed by atoms with E-state index in [1.165, 1.54) is 96.3 Å². The molecule has 0 aliphatic rings. The average molecular weight is 927 g/mol. The summed E-state index contributed by atoms with van der Waals surface area (Å²) in [4.78, 5) is 38.0. The van der Waals surface area contributed by atoms with Gasteiger partial charge >= 0.3 is 17.9 Å². The first-order valence-electron chi connectivity index (χ1n) is 27.1. The number of carbonyl (C=O) groups is 3. The predicted octanol–water partition coefficient (Wildman–Crippen LogP) is 18.1. The largest absolute Gasteiger partial charge is 0.462 e. The summed E-state index contributed by atoms with van der Waals surface area (Å²) >= 11 is 0. The molecule has 0 aliphatic carbocycles. The fraction of sp³-hybridized carbons (Fsp3) is 0.623. The topological polar surface area (TPSA) is 78.9 Å². The fourth-order valence-electron chi connectivity index (χ4n) is 7.10. The van der Waals surface area contributed by atoms with E-state index in [4.69, 9.17) is 14.2 Å². The molecule has 67 heavy (non-hydrogen) atoms. The summed E-state index contributed by atoms with van der Waals surface area (Å²) in [5, 5.41) is 0. The van der Waals surface area contributed by atoms with Gasteiger partial charge in [0.25, 0.3) is 0 Å². The van der Waals surface area contributed by atoms with Gasteiger partial charge in [-0.1, -0.05) is 258 Å². The molecular formula is C61H98O6. The lowest BCUT2D eigenvalue weighted by atomic mass is 10.0. The zero-order valence-electron chi connectivity index (χ0n) is 43.1. The smallest absolute Gasteiger partial charge is 0.306 e. The highest BCUT2D eigenvalue weighted by Gasteiger charge is 2.19. The Bertz CT molecular complexity index is 1440. The minimum atomic E-state index is -0.837. The van der Waals surface area contributed by atoms with Crippen LogP contribution in [-0.4, -0.2) is 37.2 Å². The van der Waals surface area contributed by atoms with Crippen LogP contribution < -0.4 is 0 Å². The van der Waals surface area contributed by atoms with Crippen molar-refractivity contribution in [1.29, 1.82) is 0 Å². The van der Waals surface area contributed by atoms with Gasteiger partial charge in [-0.2, -0.15) is 0 Å². The Hall–Kier alpha value is -4.19. The van der Waals surface area contributed by atoms with Gasteiger partial charge in [-0.3, -0.25) is 14.4 Å². The van der Waals surface area contributed by atoms with Gasteiger partial charge in [-0.25, -0.2) is 0 Å². The third-order valence-electron chi connectivity index (χ3n) is 11.1. The molecule has 0 bridgehead atoms. The van der Waals surface area contributed by atoms with Crippen molar-refractivity contribution in [3.05, 3.63) is 122 Å². The second kappa shape index (κ2) is 54.4. The van der Waals surface area contributed by atoms with Crippen molar-refractivity contribution >= 4 is 17.9 Å². The number of hydrogen-bond acceptors (Lipinski definition) is 6. The van der Waals surface area contributed by atoms with Crippen molar-refractivity contribution in [3.63, 3.8) is 0 Å². The molecule has 0 N–H and O–H groups in total. The monoisotopic (exact) mass is 927 g/mol. The lowest BCUT2D eigenvalue weighted by molar-refractivity contribution is -0.166. The van der Waals surface area contributed by atoms with Gasteiger partial charge in [-0.15, -0.1) is 0 Å². The lowest BCUT2D eigenvalue weighted by Gasteiger charge is -2.18. The third-order valence-corrected chi connectivity index (χ3v) is 11.1. The zero-order valence-corrected chi connectivity index (χ0v) is 43.1. The standard InChI is InChI=1S/C61H98O6/c1-4-7-10-13-16-19-22-25-28-30-31-34-36-39-42-45-48-51-54-60(63)66-57-58(56-65-59(62)53-50-47-44-41-38-35-32-27-24-21-18-15-12-9-6-3)67-61(64)55-52-49-46-43-40-37-33-29-26-23-20-17-14-11-8-5-2/h8-9,11-12,15,17-18,20-21,24,26-27,29,32,35,37-38,40,46,49,58H,4-7,10,13-14,16,19,22-23,25,28,30-31,33-34,36,39,41-45,47-48,50-57H2,1-3H3/b11-8-,12-9-,18-15-,20-17-,24-21-,29-26-,32-27-,38-35-,40-37-,49-46-. The van der Waals surface area contributed by atoms with Gasteiger partial charge in [0.1, 0.15) is 13.2 Å². The molecule has 0 fully saturated rings. The summed E-state index contributed by atoms with van der Waals surface area (Å²) in [6, 6.07) is 0. The second-order valence-electron chi connectivity index (χ2n) is 17.5. The molecule has 0 radical (unpaired) electrons. The molecule has 0 aromatic heterocycles. The van der Waals surface area contributed by atoms with Gasteiger partial charge < -0.3 is 14.2 Å². The first kappa shape index (κ1) is 62.8. The van der Waals surface area contributed by atoms with E-state index in [0.717, 1.165) is 83.5 Å². The molecule has 0 saturated heterocycles. The van der Waals surface area contributed by atoms with Crippen molar-refractivity contribution in [1.82, 2.24) is 0 Å². The van der Waals surface area contributed by atoms with E-state index in [-0.39, 0.29) is 31.6 Å². The van der Waals surface area contributed by atoms with E-state index >= 15 is 0 Å². The minimum Gasteiger partial charge on any atom is -0.462 e. The van der Waals surface area contributed by atoms with Crippen molar-refractivity contribution < 1.29 is 28.6 Å². The van der Waals surface area contributed by atoms with Crippen molar-refractivity contribution in [2.75, 3.05) is 13.2 Å². The third kappa shape index (κ3) is 52.6. The Morgan fingerprint density at radius 3 is 1.12 bits per heavy atom. The second-order valence-corrected chi connectivity index (χ2v) is 17.5. The van der Waals surface area contributed by atoms with Crippen LogP contribution in [0.4, 0.5) is 0 Å². The number of rotatable bonds is 47. The van der Waals surface area contributed by atoms with Crippen LogP contribution in [0.15, 0.2) is 122 Å². The van der Waals surface area contributed by atoms with E-state index in [2.05, 4.69) is 81.5 Å². The van der Waals surface area contributed by atoms with Crippen molar-refractivity contribution in [2.24, 2.45) is 0 Å². The molecular weight excluding hydrogens is 829 g/mol. The van der Waals surface area contributed by atoms with Gasteiger partial charge in [0.15, 0.2) is 6.10 Å². The number of unbranched alkanes of at least 4 members (excludes halogenated alkanes) is 20. The quantitative estimate of drug-likeness (QED) is 0.0199. The number of ether oxygens (including phenoxy) is 3. The van der Waals surface area contributed by atoms with Crippen LogP contribution in [-0.2, 0) is 28.6 Å². The molecule has 6 nitrogen and oxygen atoms in total. The first-order chi connectivity index (χ1) is 33.0. The van der Waals surface area contributed by atoms with Gasteiger partial charge in [0.05, 0.1) is 0 Å². The van der Waals surface area contributed by atoms with Crippen molar-refractivity contribution in [3.8, 4) is 0 Å². The number of esters is 3. The molecule has 6 heteroatoms. The Balaban J connectivity index is 4.54. The average Bonchev–Trinajstić information content (AvgIpc) is 3.33. The van der Waals surface area contributed by atoms with Gasteiger partial charge in [0, 0.05) is 19.3 Å². The van der Waals surface area contributed by atoms with Gasteiger partial charge in [0.2, 0.25) is 0 Å². The molecule has 0 aliphatic heterocycles. The maximum atomic E-state index is 12.8. The fourth-order valence-corrected chi connectivity index (χ4v) is 7.10. The first-order valence-corrected chi connectivity index (χ1v) is 27.1. The summed E-state index contributed by atoms with van der Waals surface area (Å²) in [5.41, 5.74) is 0. The molecule has 0 amide bonds. The maximum Gasteiger partial charge on any atom is 0.306 e. The van der Waals surface area contributed by atoms with Crippen LogP contribution in [0.5, 0.6) is 0 Å². The van der Waals surface area contributed by atoms with Crippen LogP contribution in [0, 0.1) is 0 Å². The molecule has 378 valence electrons. The Kier molecular flexibility index (Phi) is 51.0. The van der Waals surface area contributed by atoms with Crippen molar-refractivity contribution in [2.45, 2.75) is 232 Å². The summed E-state index contributed by atoms with van der Waals surface area (Å²) < 4.78 is 16.7. The Morgan fingerprint density at radius 2 is 0.687 bits per heavy atom. The van der Waals surface area contributed by atoms with Crippen LogP contribution in [0.2, 0.25) is 0 Å². The highest BCUT2D eigenvalue weighted by molar-refractivity contribution is 5.71. The van der Waals surface area contributed by atoms with Crippen LogP contribution in [0.1, 0.15) is 226 Å². The highest BCUT2D eigenvalue weighted by atomic mass is 16.6. The molecule has 0 rings (SSSR count). The van der Waals surface area contributed by atoms with Crippen LogP contribution in [0.3, 0.4) is 0 Å². The summed E-state index contributed by atoms with van der Waals surface area (Å²) in [5.74, 6) is -1.05. The van der Waals surface area contributed by atoms with Crippen LogP contribution in [0.25, 0.3) is 0 Å². The number of carbonyl (C=O) groups excluding carboxylic acids is 3. The molecule has 0 saturated carbocycles. The Labute approximate surface area is 412 Å².